The SMILES string of the molecule is COc1ccccc1COCCCOc1ccc(C2CCN(C(=O)OC(C)(C)C)CC2OCc2ccc(Br)c([N+](=O)[O-])c2)cc1. The molecule has 3 aromatic rings. The first-order valence-electron chi connectivity index (χ1n) is 15.0. The van der Waals surface area contributed by atoms with Crippen molar-refractivity contribution in [1.29, 1.82) is 0 Å². The number of piperidine rings is 1. The van der Waals surface area contributed by atoms with Crippen LogP contribution in [0.2, 0.25) is 0 Å². The average molecular weight is 686 g/mol. The van der Waals surface area contributed by atoms with E-state index in [0.29, 0.717) is 49.4 Å². The monoisotopic (exact) mass is 684 g/mol. The summed E-state index contributed by atoms with van der Waals surface area (Å²) in [5.41, 5.74) is 2.11. The third kappa shape index (κ3) is 10.2. The summed E-state index contributed by atoms with van der Waals surface area (Å²) >= 11 is 3.23. The Morgan fingerprint density at radius 3 is 2.51 bits per heavy atom. The molecule has 0 bridgehead atoms. The number of nitro groups is 1. The van der Waals surface area contributed by atoms with E-state index in [0.717, 1.165) is 29.0 Å². The van der Waals surface area contributed by atoms with Crippen LogP contribution in [0.25, 0.3) is 0 Å². The summed E-state index contributed by atoms with van der Waals surface area (Å²) in [7, 11) is 1.65. The van der Waals surface area contributed by atoms with E-state index in [2.05, 4.69) is 15.9 Å². The van der Waals surface area contributed by atoms with Gasteiger partial charge in [-0.1, -0.05) is 36.4 Å². The van der Waals surface area contributed by atoms with E-state index in [1.165, 1.54) is 6.07 Å². The van der Waals surface area contributed by atoms with Crippen LogP contribution in [0.4, 0.5) is 10.5 Å². The van der Waals surface area contributed by atoms with Gasteiger partial charge in [0.15, 0.2) is 0 Å². The normalized spacial score (nSPS) is 16.7. The molecular formula is C34H41BrN2O8. The summed E-state index contributed by atoms with van der Waals surface area (Å²) in [4.78, 5) is 25.5. The molecule has 1 fully saturated rings. The minimum Gasteiger partial charge on any atom is -0.496 e. The molecule has 1 amide bonds. The average Bonchev–Trinajstić information content (AvgIpc) is 3.01. The molecule has 242 valence electrons. The highest BCUT2D eigenvalue weighted by Gasteiger charge is 2.35. The van der Waals surface area contributed by atoms with E-state index in [-0.39, 0.29) is 30.4 Å². The van der Waals surface area contributed by atoms with Gasteiger partial charge in [-0.2, -0.15) is 0 Å². The van der Waals surface area contributed by atoms with E-state index >= 15 is 0 Å². The molecule has 11 heteroatoms. The molecule has 0 N–H and O–H groups in total. The number of ether oxygens (including phenoxy) is 5. The highest BCUT2D eigenvalue weighted by Crippen LogP contribution is 2.33. The Labute approximate surface area is 272 Å². The smallest absolute Gasteiger partial charge is 0.410 e. The van der Waals surface area contributed by atoms with Gasteiger partial charge in [0.1, 0.15) is 17.1 Å². The van der Waals surface area contributed by atoms with Gasteiger partial charge in [-0.05, 0) is 78.5 Å². The van der Waals surface area contributed by atoms with Crippen LogP contribution < -0.4 is 9.47 Å². The van der Waals surface area contributed by atoms with Gasteiger partial charge in [0.05, 0.1) is 55.6 Å². The van der Waals surface area contributed by atoms with Crippen LogP contribution in [0.1, 0.15) is 56.2 Å². The Balaban J connectivity index is 1.35. The number of hydrogen-bond donors (Lipinski definition) is 0. The molecule has 3 aromatic carbocycles. The third-order valence-electron chi connectivity index (χ3n) is 7.34. The first-order valence-corrected chi connectivity index (χ1v) is 15.8. The molecule has 0 spiro atoms. The number of nitrogens with zero attached hydrogens (tertiary/aromatic N) is 2. The van der Waals surface area contributed by atoms with E-state index in [4.69, 9.17) is 23.7 Å². The summed E-state index contributed by atoms with van der Waals surface area (Å²) in [5, 5.41) is 11.4. The van der Waals surface area contributed by atoms with E-state index in [1.807, 2.05) is 69.3 Å². The number of likely N-dealkylation sites (tertiary alicyclic amines) is 1. The minimum absolute atomic E-state index is 0.00606. The highest BCUT2D eigenvalue weighted by atomic mass is 79.9. The number of para-hydroxylation sites is 1. The zero-order valence-electron chi connectivity index (χ0n) is 26.2. The maximum absolute atomic E-state index is 12.9. The topological polar surface area (TPSA) is 110 Å². The molecule has 1 saturated heterocycles. The van der Waals surface area contributed by atoms with Crippen molar-refractivity contribution in [2.45, 2.75) is 64.4 Å². The zero-order valence-corrected chi connectivity index (χ0v) is 27.8. The number of methoxy groups -OCH3 is 1. The number of halogens is 1. The lowest BCUT2D eigenvalue weighted by Gasteiger charge is -2.39. The summed E-state index contributed by atoms with van der Waals surface area (Å²) in [5.74, 6) is 1.58. The molecule has 10 nitrogen and oxygen atoms in total. The van der Waals surface area contributed by atoms with Crippen LogP contribution in [0.5, 0.6) is 11.5 Å². The molecule has 2 atom stereocenters. The summed E-state index contributed by atoms with van der Waals surface area (Å²) in [6.07, 6.45) is 0.684. The van der Waals surface area contributed by atoms with Crippen LogP contribution in [0, 0.1) is 10.1 Å². The minimum atomic E-state index is -0.613. The second-order valence-corrected chi connectivity index (χ2v) is 12.7. The van der Waals surface area contributed by atoms with Gasteiger partial charge in [0.25, 0.3) is 5.69 Å². The standard InChI is InChI=1S/C34H41BrN2O8/c1-34(2,3)45-33(38)36-17-16-28(32(21-36)44-22-24-10-15-29(35)30(20-24)37(39)40)25-11-13-27(14-12-25)43-19-7-18-42-23-26-8-5-6-9-31(26)41-4/h5-6,8-15,20,28,32H,7,16-19,21-23H2,1-4H3. The Morgan fingerprint density at radius 2 is 1.80 bits per heavy atom. The maximum atomic E-state index is 12.9. The van der Waals surface area contributed by atoms with E-state index in [1.54, 1.807) is 24.1 Å². The number of rotatable bonds is 13. The number of amides is 1. The molecule has 1 aliphatic heterocycles. The molecule has 0 saturated carbocycles. The molecule has 0 aromatic heterocycles. The van der Waals surface area contributed by atoms with Gasteiger partial charge in [0.2, 0.25) is 0 Å². The zero-order chi connectivity index (χ0) is 32.4. The van der Waals surface area contributed by atoms with Crippen LogP contribution in [0.3, 0.4) is 0 Å². The predicted molar refractivity (Wildman–Crippen MR) is 174 cm³/mol. The summed E-state index contributed by atoms with van der Waals surface area (Å²) in [6.45, 7) is 8.10. The Kier molecular flexibility index (Phi) is 12.2. The van der Waals surface area contributed by atoms with Gasteiger partial charge >= 0.3 is 6.09 Å². The fraction of sp³-hybridized carbons (Fsp3) is 0.441. The molecule has 4 rings (SSSR count). The lowest BCUT2D eigenvalue weighted by molar-refractivity contribution is -0.385. The van der Waals surface area contributed by atoms with Crippen molar-refractivity contribution in [3.05, 3.63) is 98.0 Å². The van der Waals surface area contributed by atoms with Gasteiger partial charge < -0.3 is 28.6 Å². The van der Waals surface area contributed by atoms with Crippen molar-refractivity contribution in [3.63, 3.8) is 0 Å². The maximum Gasteiger partial charge on any atom is 0.410 e. The third-order valence-corrected chi connectivity index (χ3v) is 8.01. The molecule has 1 aliphatic rings. The van der Waals surface area contributed by atoms with Crippen molar-refractivity contribution >= 4 is 27.7 Å². The lowest BCUT2D eigenvalue weighted by atomic mass is 9.87. The second-order valence-electron chi connectivity index (χ2n) is 11.8. The van der Waals surface area contributed by atoms with Crippen LogP contribution in [0.15, 0.2) is 71.2 Å². The number of carbonyl (C=O) groups is 1. The molecule has 0 aliphatic carbocycles. The van der Waals surface area contributed by atoms with Gasteiger partial charge in [0, 0.05) is 30.5 Å². The number of hydrogen-bond acceptors (Lipinski definition) is 8. The lowest BCUT2D eigenvalue weighted by Crippen LogP contribution is -2.48. The van der Waals surface area contributed by atoms with Crippen molar-refractivity contribution in [2.24, 2.45) is 0 Å². The van der Waals surface area contributed by atoms with E-state index in [9.17, 15) is 14.9 Å². The summed E-state index contributed by atoms with van der Waals surface area (Å²) in [6, 6.07) is 20.7. The van der Waals surface area contributed by atoms with Crippen molar-refractivity contribution in [3.8, 4) is 11.5 Å². The van der Waals surface area contributed by atoms with Gasteiger partial charge in [-0.3, -0.25) is 10.1 Å². The fourth-order valence-corrected chi connectivity index (χ4v) is 5.51. The molecule has 45 heavy (non-hydrogen) atoms. The predicted octanol–water partition coefficient (Wildman–Crippen LogP) is 7.66. The van der Waals surface area contributed by atoms with Gasteiger partial charge in [-0.15, -0.1) is 0 Å². The van der Waals surface area contributed by atoms with Crippen LogP contribution in [-0.2, 0) is 27.4 Å². The van der Waals surface area contributed by atoms with Gasteiger partial charge in [-0.25, -0.2) is 4.79 Å². The largest absolute Gasteiger partial charge is 0.496 e. The highest BCUT2D eigenvalue weighted by molar-refractivity contribution is 9.10. The molecule has 1 heterocycles. The number of benzene rings is 3. The molecule has 0 radical (unpaired) electrons. The van der Waals surface area contributed by atoms with Crippen molar-refractivity contribution in [1.82, 2.24) is 4.90 Å². The quantitative estimate of drug-likeness (QED) is 0.103. The molecular weight excluding hydrogens is 644 g/mol. The van der Waals surface area contributed by atoms with Crippen molar-refractivity contribution in [2.75, 3.05) is 33.4 Å². The van der Waals surface area contributed by atoms with Crippen LogP contribution >= 0.6 is 15.9 Å². The first kappa shape index (κ1) is 34.2. The van der Waals surface area contributed by atoms with Crippen LogP contribution in [-0.4, -0.2) is 61.0 Å². The Bertz CT molecular complexity index is 1430. The number of nitro benzene ring substituents is 1. The summed E-state index contributed by atoms with van der Waals surface area (Å²) < 4.78 is 29.5. The van der Waals surface area contributed by atoms with Crippen molar-refractivity contribution < 1.29 is 33.4 Å². The Morgan fingerprint density at radius 1 is 1.04 bits per heavy atom. The van der Waals surface area contributed by atoms with E-state index < -0.39 is 10.5 Å². The number of carbonyl (C=O) groups excluding carboxylic acids is 1. The molecule has 2 unspecified atom stereocenters. The Hall–Kier alpha value is -3.67. The fourth-order valence-electron chi connectivity index (χ4n) is 5.12. The second kappa shape index (κ2) is 16.1. The first-order chi connectivity index (χ1) is 21.5.